The lowest BCUT2D eigenvalue weighted by Crippen LogP contribution is -2.26. The monoisotopic (exact) mass is 262 g/mol. The SMILES string of the molecule is CCn1ncc(CNC(=O)c2c(N)cnn2C)c1C. The van der Waals surface area contributed by atoms with Crippen LogP contribution in [0.2, 0.25) is 0 Å². The van der Waals surface area contributed by atoms with Crippen LogP contribution in [0.5, 0.6) is 0 Å². The average Bonchev–Trinajstić information content (AvgIpc) is 2.90. The van der Waals surface area contributed by atoms with Crippen LogP contribution in [0.3, 0.4) is 0 Å². The number of hydrogen-bond acceptors (Lipinski definition) is 4. The van der Waals surface area contributed by atoms with Gasteiger partial charge in [-0.25, -0.2) is 0 Å². The van der Waals surface area contributed by atoms with E-state index in [1.54, 1.807) is 13.2 Å². The first-order valence-electron chi connectivity index (χ1n) is 6.11. The Morgan fingerprint density at radius 1 is 1.42 bits per heavy atom. The molecule has 7 heteroatoms. The number of anilines is 1. The number of nitrogens with zero attached hydrogens (tertiary/aromatic N) is 4. The summed E-state index contributed by atoms with van der Waals surface area (Å²) in [6, 6.07) is 0. The molecule has 0 aliphatic carbocycles. The van der Waals surface area contributed by atoms with E-state index in [9.17, 15) is 4.79 Å². The second kappa shape index (κ2) is 5.13. The second-order valence-electron chi connectivity index (χ2n) is 4.33. The molecule has 3 N–H and O–H groups in total. The first-order chi connectivity index (χ1) is 9.04. The second-order valence-corrected chi connectivity index (χ2v) is 4.33. The number of aryl methyl sites for hydroxylation is 2. The zero-order valence-corrected chi connectivity index (χ0v) is 11.3. The van der Waals surface area contributed by atoms with E-state index in [0.717, 1.165) is 17.8 Å². The molecule has 0 unspecified atom stereocenters. The zero-order valence-electron chi connectivity index (χ0n) is 11.3. The average molecular weight is 262 g/mol. The van der Waals surface area contributed by atoms with Gasteiger partial charge in [-0.3, -0.25) is 14.2 Å². The molecule has 0 spiro atoms. The molecular formula is C12H18N6O. The summed E-state index contributed by atoms with van der Waals surface area (Å²) in [7, 11) is 1.69. The maximum absolute atomic E-state index is 12.0. The van der Waals surface area contributed by atoms with Crippen molar-refractivity contribution >= 4 is 11.6 Å². The minimum Gasteiger partial charge on any atom is -0.396 e. The maximum atomic E-state index is 12.0. The summed E-state index contributed by atoms with van der Waals surface area (Å²) in [5.41, 5.74) is 8.51. The van der Waals surface area contributed by atoms with Crippen molar-refractivity contribution in [1.29, 1.82) is 0 Å². The fourth-order valence-electron chi connectivity index (χ4n) is 1.97. The van der Waals surface area contributed by atoms with Gasteiger partial charge >= 0.3 is 0 Å². The van der Waals surface area contributed by atoms with Crippen molar-refractivity contribution in [2.75, 3.05) is 5.73 Å². The molecule has 0 saturated heterocycles. The van der Waals surface area contributed by atoms with Gasteiger partial charge in [-0.1, -0.05) is 0 Å². The van der Waals surface area contributed by atoms with E-state index in [-0.39, 0.29) is 5.91 Å². The molecule has 2 aromatic rings. The standard InChI is InChI=1S/C12H18N6O/c1-4-18-8(2)9(6-16-18)5-14-12(19)11-10(13)7-15-17(11)3/h6-7H,4-5,13H2,1-3H3,(H,14,19). The van der Waals surface area contributed by atoms with Crippen LogP contribution >= 0.6 is 0 Å². The molecule has 0 aromatic carbocycles. The molecule has 19 heavy (non-hydrogen) atoms. The molecule has 0 aliphatic heterocycles. The van der Waals surface area contributed by atoms with Gasteiger partial charge in [0.15, 0.2) is 0 Å². The number of nitrogen functional groups attached to an aromatic ring is 1. The molecule has 0 aliphatic rings. The molecule has 0 atom stereocenters. The van der Waals surface area contributed by atoms with Gasteiger partial charge in [0, 0.05) is 31.4 Å². The molecule has 0 bridgehead atoms. The largest absolute Gasteiger partial charge is 0.396 e. The van der Waals surface area contributed by atoms with Crippen molar-refractivity contribution < 1.29 is 4.79 Å². The fourth-order valence-corrected chi connectivity index (χ4v) is 1.97. The Morgan fingerprint density at radius 3 is 2.68 bits per heavy atom. The lowest BCUT2D eigenvalue weighted by molar-refractivity contribution is 0.0942. The maximum Gasteiger partial charge on any atom is 0.271 e. The first-order valence-corrected chi connectivity index (χ1v) is 6.11. The fraction of sp³-hybridized carbons (Fsp3) is 0.417. The molecule has 2 heterocycles. The van der Waals surface area contributed by atoms with Crippen LogP contribution in [0.25, 0.3) is 0 Å². The number of hydrogen-bond donors (Lipinski definition) is 2. The summed E-state index contributed by atoms with van der Waals surface area (Å²) in [5, 5.41) is 11.0. The molecular weight excluding hydrogens is 244 g/mol. The number of amides is 1. The predicted octanol–water partition coefficient (Wildman–Crippen LogP) is 0.457. The summed E-state index contributed by atoms with van der Waals surface area (Å²) in [5.74, 6) is -0.235. The highest BCUT2D eigenvalue weighted by Crippen LogP contribution is 2.10. The van der Waals surface area contributed by atoms with Crippen molar-refractivity contribution in [2.24, 2.45) is 7.05 Å². The van der Waals surface area contributed by atoms with Crippen molar-refractivity contribution in [3.8, 4) is 0 Å². The summed E-state index contributed by atoms with van der Waals surface area (Å²) >= 11 is 0. The van der Waals surface area contributed by atoms with Gasteiger partial charge in [0.1, 0.15) is 5.69 Å². The molecule has 2 aromatic heterocycles. The van der Waals surface area contributed by atoms with Gasteiger partial charge in [0.25, 0.3) is 5.91 Å². The van der Waals surface area contributed by atoms with Gasteiger partial charge in [-0.05, 0) is 13.8 Å². The third-order valence-electron chi connectivity index (χ3n) is 3.13. The van der Waals surface area contributed by atoms with E-state index in [1.807, 2.05) is 18.5 Å². The van der Waals surface area contributed by atoms with Crippen LogP contribution in [0.1, 0.15) is 28.7 Å². The van der Waals surface area contributed by atoms with Crippen molar-refractivity contribution in [3.63, 3.8) is 0 Å². The van der Waals surface area contributed by atoms with E-state index in [0.29, 0.717) is 17.9 Å². The Balaban J connectivity index is 2.07. The lowest BCUT2D eigenvalue weighted by atomic mass is 10.2. The molecule has 1 amide bonds. The molecule has 0 radical (unpaired) electrons. The smallest absolute Gasteiger partial charge is 0.271 e. The molecule has 2 rings (SSSR count). The van der Waals surface area contributed by atoms with Crippen LogP contribution < -0.4 is 11.1 Å². The minimum absolute atomic E-state index is 0.235. The number of rotatable bonds is 4. The normalized spacial score (nSPS) is 10.7. The van der Waals surface area contributed by atoms with E-state index in [2.05, 4.69) is 15.5 Å². The summed E-state index contributed by atoms with van der Waals surface area (Å²) in [6.45, 7) is 5.25. The molecule has 0 fully saturated rings. The first kappa shape index (κ1) is 13.1. The summed E-state index contributed by atoms with van der Waals surface area (Å²) < 4.78 is 3.35. The topological polar surface area (TPSA) is 90.8 Å². The van der Waals surface area contributed by atoms with E-state index in [4.69, 9.17) is 5.73 Å². The van der Waals surface area contributed by atoms with Gasteiger partial charge < -0.3 is 11.1 Å². The lowest BCUT2D eigenvalue weighted by Gasteiger charge is -2.06. The minimum atomic E-state index is -0.235. The highest BCUT2D eigenvalue weighted by atomic mass is 16.2. The highest BCUT2D eigenvalue weighted by Gasteiger charge is 2.15. The van der Waals surface area contributed by atoms with E-state index >= 15 is 0 Å². The van der Waals surface area contributed by atoms with Gasteiger partial charge in [0.2, 0.25) is 0 Å². The Kier molecular flexibility index (Phi) is 3.55. The van der Waals surface area contributed by atoms with Crippen molar-refractivity contribution in [2.45, 2.75) is 26.9 Å². The van der Waals surface area contributed by atoms with E-state index in [1.165, 1.54) is 10.9 Å². The number of carbonyl (C=O) groups is 1. The van der Waals surface area contributed by atoms with Crippen LogP contribution in [-0.2, 0) is 20.1 Å². The Hall–Kier alpha value is -2.31. The van der Waals surface area contributed by atoms with Crippen molar-refractivity contribution in [3.05, 3.63) is 29.3 Å². The zero-order chi connectivity index (χ0) is 14.0. The predicted molar refractivity (Wildman–Crippen MR) is 71.4 cm³/mol. The van der Waals surface area contributed by atoms with Crippen molar-refractivity contribution in [1.82, 2.24) is 24.9 Å². The third kappa shape index (κ3) is 2.44. The number of carbonyl (C=O) groups excluding carboxylic acids is 1. The van der Waals surface area contributed by atoms with Crippen LogP contribution in [0.4, 0.5) is 5.69 Å². The van der Waals surface area contributed by atoms with E-state index < -0.39 is 0 Å². The number of nitrogens with two attached hydrogens (primary N) is 1. The highest BCUT2D eigenvalue weighted by molar-refractivity contribution is 5.97. The van der Waals surface area contributed by atoms with Crippen LogP contribution in [-0.4, -0.2) is 25.5 Å². The summed E-state index contributed by atoms with van der Waals surface area (Å²) in [4.78, 5) is 12.0. The third-order valence-corrected chi connectivity index (χ3v) is 3.13. The quantitative estimate of drug-likeness (QED) is 0.837. The molecule has 102 valence electrons. The molecule has 7 nitrogen and oxygen atoms in total. The van der Waals surface area contributed by atoms with Gasteiger partial charge in [0.05, 0.1) is 18.1 Å². The number of nitrogens with one attached hydrogen (secondary N) is 1. The van der Waals surface area contributed by atoms with Gasteiger partial charge in [-0.15, -0.1) is 0 Å². The summed E-state index contributed by atoms with van der Waals surface area (Å²) in [6.07, 6.45) is 3.24. The van der Waals surface area contributed by atoms with Crippen LogP contribution in [0, 0.1) is 6.92 Å². The van der Waals surface area contributed by atoms with Gasteiger partial charge in [-0.2, -0.15) is 10.2 Å². The Morgan fingerprint density at radius 2 is 2.16 bits per heavy atom. The number of aromatic nitrogens is 4. The Bertz CT molecular complexity index is 578. The Labute approximate surface area is 111 Å². The molecule has 0 saturated carbocycles. The van der Waals surface area contributed by atoms with Crippen LogP contribution in [0.15, 0.2) is 12.4 Å².